The van der Waals surface area contributed by atoms with Crippen LogP contribution < -0.4 is 19.7 Å². The van der Waals surface area contributed by atoms with Crippen molar-refractivity contribution in [3.63, 3.8) is 0 Å². The number of ketones is 1. The lowest BCUT2D eigenvalue weighted by atomic mass is 9.94. The second kappa shape index (κ2) is 9.72. The number of aliphatic hydroxyl groups excluding tert-OH is 1. The van der Waals surface area contributed by atoms with Crippen LogP contribution in [0.15, 0.2) is 78.4 Å². The topological polar surface area (TPSA) is 105 Å². The van der Waals surface area contributed by atoms with Crippen LogP contribution in [-0.2, 0) is 14.4 Å². The van der Waals surface area contributed by atoms with Crippen LogP contribution in [0.5, 0.6) is 11.5 Å². The summed E-state index contributed by atoms with van der Waals surface area (Å²) >= 11 is 0. The van der Waals surface area contributed by atoms with Crippen molar-refractivity contribution in [2.45, 2.75) is 13.0 Å². The molecule has 3 aromatic carbocycles. The summed E-state index contributed by atoms with van der Waals surface area (Å²) in [6.07, 6.45) is 0. The van der Waals surface area contributed by atoms with Crippen molar-refractivity contribution in [2.75, 3.05) is 24.4 Å². The molecule has 1 atom stereocenters. The third-order valence-corrected chi connectivity index (χ3v) is 5.69. The largest absolute Gasteiger partial charge is 0.506 e. The molecule has 8 heteroatoms. The van der Waals surface area contributed by atoms with Crippen molar-refractivity contribution in [2.24, 2.45) is 0 Å². The number of benzene rings is 3. The van der Waals surface area contributed by atoms with Crippen LogP contribution in [0, 0.1) is 0 Å². The van der Waals surface area contributed by atoms with E-state index in [0.717, 1.165) is 0 Å². The zero-order valence-corrected chi connectivity index (χ0v) is 19.4. The first kappa shape index (κ1) is 23.6. The van der Waals surface area contributed by atoms with Crippen molar-refractivity contribution in [3.8, 4) is 11.5 Å². The van der Waals surface area contributed by atoms with E-state index in [1.54, 1.807) is 66.7 Å². The molecule has 1 saturated heterocycles. The summed E-state index contributed by atoms with van der Waals surface area (Å²) in [7, 11) is 2.88. The molecule has 1 aliphatic heterocycles. The number of methoxy groups -OCH3 is 2. The van der Waals surface area contributed by atoms with Gasteiger partial charge in [0.1, 0.15) is 22.8 Å². The van der Waals surface area contributed by atoms with Gasteiger partial charge in [0.2, 0.25) is 5.91 Å². The van der Waals surface area contributed by atoms with E-state index in [0.29, 0.717) is 28.4 Å². The molecule has 2 amide bonds. The Morgan fingerprint density at radius 2 is 1.49 bits per heavy atom. The zero-order valence-electron chi connectivity index (χ0n) is 19.4. The second-order valence-corrected chi connectivity index (χ2v) is 7.85. The molecular formula is C27H24N2O6. The minimum atomic E-state index is -0.905. The fourth-order valence-corrected chi connectivity index (χ4v) is 4.18. The normalized spacial score (nSPS) is 16.8. The van der Waals surface area contributed by atoms with Gasteiger partial charge in [0.05, 0.1) is 25.8 Å². The lowest BCUT2D eigenvalue weighted by Crippen LogP contribution is -2.29. The van der Waals surface area contributed by atoms with Gasteiger partial charge in [-0.15, -0.1) is 0 Å². The first-order valence-corrected chi connectivity index (χ1v) is 10.8. The van der Waals surface area contributed by atoms with Crippen molar-refractivity contribution >= 4 is 34.7 Å². The van der Waals surface area contributed by atoms with E-state index in [2.05, 4.69) is 5.32 Å². The number of Topliss-reactive ketones (excluding diaryl/α,β-unsaturated/α-hetero) is 1. The molecule has 0 aliphatic carbocycles. The van der Waals surface area contributed by atoms with E-state index in [9.17, 15) is 19.5 Å². The highest BCUT2D eigenvalue weighted by atomic mass is 16.5. The SMILES string of the molecule is COc1cccc(OC)c1/C(O)=C1\C(=O)C(=O)N(c2ccc(NC(C)=O)cc2)C1c1ccccc1. The summed E-state index contributed by atoms with van der Waals surface area (Å²) in [5.74, 6) is -1.67. The molecule has 1 unspecified atom stereocenters. The fourth-order valence-electron chi connectivity index (χ4n) is 4.18. The van der Waals surface area contributed by atoms with Gasteiger partial charge in [0, 0.05) is 18.3 Å². The van der Waals surface area contributed by atoms with Crippen LogP contribution in [0.2, 0.25) is 0 Å². The van der Waals surface area contributed by atoms with Gasteiger partial charge in [-0.2, -0.15) is 0 Å². The molecular weight excluding hydrogens is 448 g/mol. The van der Waals surface area contributed by atoms with Crippen LogP contribution in [-0.4, -0.2) is 36.9 Å². The van der Waals surface area contributed by atoms with Crippen molar-refractivity contribution < 1.29 is 29.0 Å². The Balaban J connectivity index is 1.93. The van der Waals surface area contributed by atoms with Gasteiger partial charge in [0.25, 0.3) is 11.7 Å². The van der Waals surface area contributed by atoms with Gasteiger partial charge in [0.15, 0.2) is 0 Å². The van der Waals surface area contributed by atoms with Gasteiger partial charge in [-0.05, 0) is 42.0 Å². The summed E-state index contributed by atoms with van der Waals surface area (Å²) in [5.41, 5.74) is 1.70. The molecule has 0 spiro atoms. The third-order valence-electron chi connectivity index (χ3n) is 5.69. The number of aliphatic hydroxyl groups is 1. The maximum atomic E-state index is 13.4. The summed E-state index contributed by atoms with van der Waals surface area (Å²) < 4.78 is 10.8. The standard InChI is InChI=1S/C27H24N2O6/c1-16(30)28-18-12-14-19(15-13-18)29-24(17-8-5-4-6-9-17)23(26(32)27(29)33)25(31)22-20(34-2)10-7-11-21(22)35-3/h4-15,24,31H,1-3H3,(H,28,30)/b25-23+. The molecule has 0 radical (unpaired) electrons. The average molecular weight is 472 g/mol. The van der Waals surface area contributed by atoms with E-state index in [-0.39, 0.29) is 17.0 Å². The quantitative estimate of drug-likeness (QED) is 0.315. The van der Waals surface area contributed by atoms with Crippen molar-refractivity contribution in [1.29, 1.82) is 0 Å². The van der Waals surface area contributed by atoms with Gasteiger partial charge in [-0.1, -0.05) is 36.4 Å². The first-order chi connectivity index (χ1) is 16.9. The molecule has 0 saturated carbocycles. The van der Waals surface area contributed by atoms with E-state index >= 15 is 0 Å². The Bertz CT molecular complexity index is 1290. The van der Waals surface area contributed by atoms with Crippen LogP contribution in [0.1, 0.15) is 24.1 Å². The maximum Gasteiger partial charge on any atom is 0.300 e. The minimum absolute atomic E-state index is 0.0880. The van der Waals surface area contributed by atoms with Crippen molar-refractivity contribution in [1.82, 2.24) is 0 Å². The Kier molecular flexibility index (Phi) is 6.55. The van der Waals surface area contributed by atoms with E-state index in [1.807, 2.05) is 6.07 Å². The van der Waals surface area contributed by atoms with Crippen molar-refractivity contribution in [3.05, 3.63) is 89.5 Å². The molecule has 1 aliphatic rings. The first-order valence-electron chi connectivity index (χ1n) is 10.8. The van der Waals surface area contributed by atoms with Gasteiger partial charge >= 0.3 is 0 Å². The number of carbonyl (C=O) groups excluding carboxylic acids is 3. The predicted molar refractivity (Wildman–Crippen MR) is 132 cm³/mol. The fraction of sp³-hybridized carbons (Fsp3) is 0.148. The molecule has 35 heavy (non-hydrogen) atoms. The summed E-state index contributed by atoms with van der Waals surface area (Å²) in [6.45, 7) is 1.40. The van der Waals surface area contributed by atoms with Crippen LogP contribution >= 0.6 is 0 Å². The number of amides is 2. The average Bonchev–Trinajstić information content (AvgIpc) is 3.14. The van der Waals surface area contributed by atoms with E-state index in [4.69, 9.17) is 9.47 Å². The zero-order chi connectivity index (χ0) is 25.1. The second-order valence-electron chi connectivity index (χ2n) is 7.85. The number of nitrogens with zero attached hydrogens (tertiary/aromatic N) is 1. The van der Waals surface area contributed by atoms with E-state index in [1.165, 1.54) is 26.0 Å². The number of ether oxygens (including phenoxy) is 2. The van der Waals surface area contributed by atoms with Crippen LogP contribution in [0.4, 0.5) is 11.4 Å². The summed E-state index contributed by atoms with van der Waals surface area (Å²) in [4.78, 5) is 39.4. The number of nitrogens with one attached hydrogen (secondary N) is 1. The maximum absolute atomic E-state index is 13.4. The molecule has 178 valence electrons. The van der Waals surface area contributed by atoms with Gasteiger partial charge in [-0.3, -0.25) is 19.3 Å². The lowest BCUT2D eigenvalue weighted by molar-refractivity contribution is -0.132. The lowest BCUT2D eigenvalue weighted by Gasteiger charge is -2.26. The Morgan fingerprint density at radius 1 is 0.886 bits per heavy atom. The molecule has 2 N–H and O–H groups in total. The highest BCUT2D eigenvalue weighted by Crippen LogP contribution is 2.45. The van der Waals surface area contributed by atoms with Crippen LogP contribution in [0.3, 0.4) is 0 Å². The van der Waals surface area contributed by atoms with Crippen LogP contribution in [0.25, 0.3) is 5.76 Å². The molecule has 1 heterocycles. The molecule has 0 bridgehead atoms. The van der Waals surface area contributed by atoms with Gasteiger partial charge in [-0.25, -0.2) is 0 Å². The monoisotopic (exact) mass is 472 g/mol. The molecule has 3 aromatic rings. The number of rotatable bonds is 6. The number of carbonyl (C=O) groups is 3. The molecule has 0 aromatic heterocycles. The Labute approximate surface area is 202 Å². The number of anilines is 2. The highest BCUT2D eigenvalue weighted by molar-refractivity contribution is 6.51. The van der Waals surface area contributed by atoms with Gasteiger partial charge < -0.3 is 19.9 Å². The van der Waals surface area contributed by atoms with E-state index < -0.39 is 23.5 Å². The molecule has 1 fully saturated rings. The molecule has 4 rings (SSSR count). The third kappa shape index (κ3) is 4.33. The smallest absolute Gasteiger partial charge is 0.300 e. The summed E-state index contributed by atoms with van der Waals surface area (Å²) in [6, 6.07) is 19.6. The Hall–Kier alpha value is -4.59. The minimum Gasteiger partial charge on any atom is -0.506 e. The highest BCUT2D eigenvalue weighted by Gasteiger charge is 2.47. The predicted octanol–water partition coefficient (Wildman–Crippen LogP) is 4.29. The Morgan fingerprint density at radius 3 is 2.03 bits per heavy atom. The number of hydrogen-bond donors (Lipinski definition) is 2. The summed E-state index contributed by atoms with van der Waals surface area (Å²) in [5, 5.41) is 14.1. The molecule has 8 nitrogen and oxygen atoms in total. The number of hydrogen-bond acceptors (Lipinski definition) is 6.